The van der Waals surface area contributed by atoms with Gasteiger partial charge in [0.2, 0.25) is 0 Å². The molecule has 0 aliphatic heterocycles. The molecule has 0 amide bonds. The minimum Gasteiger partial charge on any atom is -0.345 e. The van der Waals surface area contributed by atoms with E-state index < -0.39 is 17.9 Å². The van der Waals surface area contributed by atoms with Gasteiger partial charge in [0.15, 0.2) is 0 Å². The van der Waals surface area contributed by atoms with Crippen LogP contribution >= 0.6 is 0 Å². The Balaban J connectivity index is 1.45. The SMILES string of the molecule is CC(=O)O/N=c1\c2cc(N(C)c3ccccc3)ccc2c2c1c1c3ccc(N(C)c4ccccc4)cc3/c(=N\OC(C)=O)c1c1c3ccc(N(C)c4ccccc4)cc3/c(=N\OC(C)=O)c21. The van der Waals surface area contributed by atoms with Crippen LogP contribution in [0, 0.1) is 0 Å². The Morgan fingerprint density at radius 3 is 0.833 bits per heavy atom. The Morgan fingerprint density at radius 2 is 0.591 bits per heavy atom. The summed E-state index contributed by atoms with van der Waals surface area (Å²) in [6.45, 7) is 3.92. The lowest BCUT2D eigenvalue weighted by Gasteiger charge is -2.19. The lowest BCUT2D eigenvalue weighted by Crippen LogP contribution is -2.10. The van der Waals surface area contributed by atoms with Gasteiger partial charge in [-0.1, -0.05) is 88.3 Å². The minimum absolute atomic E-state index is 0.398. The maximum absolute atomic E-state index is 12.7. The quantitative estimate of drug-likeness (QED) is 0.103. The van der Waals surface area contributed by atoms with Crippen LogP contribution in [0.2, 0.25) is 0 Å². The molecular weight excluding hydrogens is 829 g/mol. The highest BCUT2D eigenvalue weighted by molar-refractivity contribution is 6.42. The minimum atomic E-state index is -0.599. The Morgan fingerprint density at radius 1 is 0.333 bits per heavy atom. The van der Waals surface area contributed by atoms with Gasteiger partial charge in [-0.3, -0.25) is 0 Å². The number of hydrogen-bond donors (Lipinski definition) is 0. The molecule has 10 rings (SSSR count). The molecule has 0 atom stereocenters. The Bertz CT molecular complexity index is 3350. The molecule has 0 heterocycles. The lowest BCUT2D eigenvalue weighted by molar-refractivity contribution is -0.142. The molecule has 0 fully saturated rings. The Kier molecular flexibility index (Phi) is 10.3. The van der Waals surface area contributed by atoms with Crippen molar-refractivity contribution in [3.05, 3.63) is 162 Å². The number of fused-ring (bicyclic) bond motifs is 12. The van der Waals surface area contributed by atoms with Crippen LogP contribution in [0.4, 0.5) is 34.1 Å². The number of carbonyl (C=O) groups excluding carboxylic acids is 3. The molecule has 0 unspecified atom stereocenters. The van der Waals surface area contributed by atoms with Crippen molar-refractivity contribution in [2.75, 3.05) is 35.8 Å². The fraction of sp³-hybridized carbons (Fsp3) is 0.111. The van der Waals surface area contributed by atoms with Crippen LogP contribution in [0.1, 0.15) is 20.8 Å². The Hall–Kier alpha value is -8.64. The van der Waals surface area contributed by atoms with Crippen LogP contribution in [0.5, 0.6) is 0 Å². The number of rotatable bonds is 9. The van der Waals surface area contributed by atoms with Crippen LogP contribution in [-0.2, 0) is 28.9 Å². The summed E-state index contributed by atoms with van der Waals surface area (Å²) in [4.78, 5) is 61.0. The molecule has 10 aromatic carbocycles. The largest absolute Gasteiger partial charge is 0.345 e. The van der Waals surface area contributed by atoms with Crippen LogP contribution in [0.3, 0.4) is 0 Å². The summed E-state index contributed by atoms with van der Waals surface area (Å²) in [5, 5.41) is 23.7. The second kappa shape index (κ2) is 16.5. The molecule has 0 spiro atoms. The molecule has 0 aromatic heterocycles. The van der Waals surface area contributed by atoms with Crippen molar-refractivity contribution in [1.29, 1.82) is 0 Å². The van der Waals surface area contributed by atoms with Crippen molar-refractivity contribution < 1.29 is 28.9 Å². The number of para-hydroxylation sites is 3. The maximum atomic E-state index is 12.7. The standard InChI is InChI=1S/C54H42N6O6/c1-31(61)64-55-52-43-28-37(58(4)34-16-10-7-11-17-34)22-25-40(43)46-49(52)47-41-26-23-38(59(5)35-18-12-8-13-19-35)29-44(41)53(56-65-32(2)62)51(47)48-42-27-24-39(60(6)36-20-14-9-15-21-36)30-45(42)54(50(46)48)57-66-33(3)63/h7-30H,1-6H3/b55-52+,56-53+,57-54+. The van der Waals surface area contributed by atoms with Crippen molar-refractivity contribution in [2.24, 2.45) is 15.5 Å². The van der Waals surface area contributed by atoms with E-state index in [1.807, 2.05) is 167 Å². The Labute approximate surface area is 378 Å². The molecule has 12 nitrogen and oxygen atoms in total. The molecule has 66 heavy (non-hydrogen) atoms. The van der Waals surface area contributed by atoms with E-state index >= 15 is 0 Å². The molecule has 0 aliphatic rings. The first kappa shape index (κ1) is 41.4. The zero-order valence-electron chi connectivity index (χ0n) is 37.0. The molecule has 0 radical (unpaired) electrons. The zero-order valence-corrected chi connectivity index (χ0v) is 37.0. The highest BCUT2D eigenvalue weighted by Crippen LogP contribution is 2.45. The average Bonchev–Trinajstić information content (AvgIpc) is 3.96. The van der Waals surface area contributed by atoms with Crippen LogP contribution in [0.25, 0.3) is 64.6 Å². The highest BCUT2D eigenvalue weighted by Gasteiger charge is 2.28. The third-order valence-corrected chi connectivity index (χ3v) is 12.2. The average molecular weight is 871 g/mol. The molecule has 12 heteroatoms. The van der Waals surface area contributed by atoms with Gasteiger partial charge in [-0.25, -0.2) is 14.4 Å². The van der Waals surface area contributed by atoms with Gasteiger partial charge in [0, 0.05) is 125 Å². The molecule has 324 valence electrons. The summed E-state index contributed by atoms with van der Waals surface area (Å²) in [6.07, 6.45) is 0. The number of carbonyl (C=O) groups is 3. The van der Waals surface area contributed by atoms with E-state index in [-0.39, 0.29) is 0 Å². The van der Waals surface area contributed by atoms with E-state index in [0.717, 1.165) is 66.4 Å². The summed E-state index contributed by atoms with van der Waals surface area (Å²) in [7, 11) is 5.96. The first-order chi connectivity index (χ1) is 32.0. The van der Waals surface area contributed by atoms with E-state index in [2.05, 4.69) is 30.2 Å². The van der Waals surface area contributed by atoms with Crippen LogP contribution in [0.15, 0.2) is 161 Å². The second-order valence-electron chi connectivity index (χ2n) is 16.2. The predicted molar refractivity (Wildman–Crippen MR) is 261 cm³/mol. The third-order valence-electron chi connectivity index (χ3n) is 12.2. The topological polar surface area (TPSA) is 126 Å². The van der Waals surface area contributed by atoms with Gasteiger partial charge >= 0.3 is 17.9 Å². The number of anilines is 6. The molecular formula is C54H42N6O6. The summed E-state index contributed by atoms with van der Waals surface area (Å²) >= 11 is 0. The molecule has 10 aromatic rings. The van der Waals surface area contributed by atoms with Gasteiger partial charge in [-0.15, -0.1) is 0 Å². The molecule has 0 aliphatic carbocycles. The van der Waals surface area contributed by atoms with E-state index in [4.69, 9.17) is 14.5 Å². The highest BCUT2D eigenvalue weighted by atomic mass is 16.7. The van der Waals surface area contributed by atoms with Gasteiger partial charge in [0.05, 0.1) is 0 Å². The number of nitrogens with zero attached hydrogens (tertiary/aromatic N) is 6. The first-order valence-corrected chi connectivity index (χ1v) is 21.3. The van der Waals surface area contributed by atoms with E-state index in [1.54, 1.807) is 0 Å². The van der Waals surface area contributed by atoms with Crippen LogP contribution in [-0.4, -0.2) is 39.1 Å². The second-order valence-corrected chi connectivity index (χ2v) is 16.2. The normalized spacial score (nSPS) is 12.5. The summed E-state index contributed by atoms with van der Waals surface area (Å²) < 4.78 is 0. The van der Waals surface area contributed by atoms with Gasteiger partial charge in [0.1, 0.15) is 16.1 Å². The smallest absolute Gasteiger partial charge is 0.332 e. The summed E-state index contributed by atoms with van der Waals surface area (Å²) in [5.74, 6) is -1.80. The lowest BCUT2D eigenvalue weighted by atomic mass is 9.99. The fourth-order valence-electron chi connectivity index (χ4n) is 9.15. The van der Waals surface area contributed by atoms with Gasteiger partial charge in [-0.2, -0.15) is 0 Å². The number of hydrogen-bond acceptors (Lipinski definition) is 12. The van der Waals surface area contributed by atoms with Gasteiger partial charge in [0.25, 0.3) is 0 Å². The van der Waals surface area contributed by atoms with Crippen molar-refractivity contribution in [2.45, 2.75) is 20.8 Å². The van der Waals surface area contributed by atoms with Crippen molar-refractivity contribution in [1.82, 2.24) is 0 Å². The van der Waals surface area contributed by atoms with E-state index in [0.29, 0.717) is 48.4 Å². The summed E-state index contributed by atoms with van der Waals surface area (Å²) in [5.41, 5.74) is 5.46. The third kappa shape index (κ3) is 6.96. The monoisotopic (exact) mass is 870 g/mol. The first-order valence-electron chi connectivity index (χ1n) is 21.3. The van der Waals surface area contributed by atoms with Crippen molar-refractivity contribution in [3.8, 4) is 0 Å². The van der Waals surface area contributed by atoms with Crippen molar-refractivity contribution >= 4 is 117 Å². The van der Waals surface area contributed by atoms with E-state index in [1.165, 1.54) is 20.8 Å². The zero-order chi connectivity index (χ0) is 45.8. The van der Waals surface area contributed by atoms with Gasteiger partial charge < -0.3 is 29.2 Å². The van der Waals surface area contributed by atoms with Gasteiger partial charge in [-0.05, 0) is 89.0 Å². The summed E-state index contributed by atoms with van der Waals surface area (Å²) in [6, 6.07) is 48.3. The number of benzene rings is 7. The molecule has 0 bridgehead atoms. The van der Waals surface area contributed by atoms with Crippen molar-refractivity contribution in [3.63, 3.8) is 0 Å². The van der Waals surface area contributed by atoms with Crippen LogP contribution < -0.4 is 30.8 Å². The molecule has 0 saturated carbocycles. The fourth-order valence-corrected chi connectivity index (χ4v) is 9.15. The van der Waals surface area contributed by atoms with E-state index in [9.17, 15) is 14.4 Å². The predicted octanol–water partition coefficient (Wildman–Crippen LogP) is 10.4. The maximum Gasteiger partial charge on any atom is 0.332 e. The molecule has 0 N–H and O–H groups in total. The molecule has 0 saturated heterocycles.